The van der Waals surface area contributed by atoms with Crippen LogP contribution in [0.2, 0.25) is 0 Å². The Hall–Kier alpha value is -0.610. The molecule has 4 nitrogen and oxygen atoms in total. The quantitative estimate of drug-likeness (QED) is 0.616. The summed E-state index contributed by atoms with van der Waals surface area (Å²) in [5.74, 6) is 0.290. The molecule has 14 heavy (non-hydrogen) atoms. The fourth-order valence-corrected chi connectivity index (χ4v) is 2.26. The third-order valence-electron chi connectivity index (χ3n) is 3.31. The SMILES string of the molecule is CN1CCN(C2CCNC2)CCC1=O. The van der Waals surface area contributed by atoms with E-state index in [-0.39, 0.29) is 0 Å². The Morgan fingerprint density at radius 3 is 2.93 bits per heavy atom. The van der Waals surface area contributed by atoms with E-state index in [9.17, 15) is 4.79 Å². The largest absolute Gasteiger partial charge is 0.344 e. The number of nitrogens with zero attached hydrogens (tertiary/aromatic N) is 2. The van der Waals surface area contributed by atoms with Gasteiger partial charge in [-0.3, -0.25) is 9.69 Å². The summed E-state index contributed by atoms with van der Waals surface area (Å²) >= 11 is 0. The predicted octanol–water partition coefficient (Wildman–Crippen LogP) is -0.488. The van der Waals surface area contributed by atoms with E-state index in [1.54, 1.807) is 0 Å². The summed E-state index contributed by atoms with van der Waals surface area (Å²) in [7, 11) is 1.90. The maximum absolute atomic E-state index is 11.5. The van der Waals surface area contributed by atoms with Gasteiger partial charge in [0.05, 0.1) is 0 Å². The van der Waals surface area contributed by atoms with Crippen molar-refractivity contribution in [3.63, 3.8) is 0 Å². The fourth-order valence-electron chi connectivity index (χ4n) is 2.26. The third kappa shape index (κ3) is 2.07. The molecule has 2 saturated heterocycles. The summed E-state index contributed by atoms with van der Waals surface area (Å²) in [5.41, 5.74) is 0. The maximum atomic E-state index is 11.5. The van der Waals surface area contributed by atoms with Gasteiger partial charge in [-0.15, -0.1) is 0 Å². The number of likely N-dealkylation sites (N-methyl/N-ethyl adjacent to an activating group) is 1. The number of carbonyl (C=O) groups excluding carboxylic acids is 1. The summed E-state index contributed by atoms with van der Waals surface area (Å²) in [6, 6.07) is 0.661. The Bertz CT molecular complexity index is 213. The van der Waals surface area contributed by atoms with E-state index >= 15 is 0 Å². The van der Waals surface area contributed by atoms with Crippen LogP contribution in [0.15, 0.2) is 0 Å². The van der Waals surface area contributed by atoms with Crippen molar-refractivity contribution in [2.45, 2.75) is 18.9 Å². The van der Waals surface area contributed by atoms with E-state index in [1.807, 2.05) is 11.9 Å². The van der Waals surface area contributed by atoms with Gasteiger partial charge in [0.25, 0.3) is 0 Å². The van der Waals surface area contributed by atoms with Crippen molar-refractivity contribution in [3.8, 4) is 0 Å². The van der Waals surface area contributed by atoms with Crippen molar-refractivity contribution in [3.05, 3.63) is 0 Å². The molecular weight excluding hydrogens is 178 g/mol. The molecule has 1 atom stereocenters. The Morgan fingerprint density at radius 2 is 2.21 bits per heavy atom. The molecule has 0 saturated carbocycles. The lowest BCUT2D eigenvalue weighted by Crippen LogP contribution is -2.39. The van der Waals surface area contributed by atoms with Crippen LogP contribution in [0.1, 0.15) is 12.8 Å². The molecule has 1 amide bonds. The van der Waals surface area contributed by atoms with Crippen molar-refractivity contribution in [1.29, 1.82) is 0 Å². The van der Waals surface area contributed by atoms with E-state index in [1.165, 1.54) is 6.42 Å². The van der Waals surface area contributed by atoms with Crippen molar-refractivity contribution < 1.29 is 4.79 Å². The van der Waals surface area contributed by atoms with E-state index in [0.29, 0.717) is 18.4 Å². The number of amides is 1. The van der Waals surface area contributed by atoms with Gasteiger partial charge in [0.1, 0.15) is 0 Å². The highest BCUT2D eigenvalue weighted by Gasteiger charge is 2.25. The molecule has 2 fully saturated rings. The standard InChI is InChI=1S/C10H19N3O/c1-12-6-7-13(5-3-10(12)14)9-2-4-11-8-9/h9,11H,2-8H2,1H3. The van der Waals surface area contributed by atoms with E-state index in [4.69, 9.17) is 0 Å². The highest BCUT2D eigenvalue weighted by atomic mass is 16.2. The highest BCUT2D eigenvalue weighted by Crippen LogP contribution is 2.11. The van der Waals surface area contributed by atoms with E-state index < -0.39 is 0 Å². The smallest absolute Gasteiger partial charge is 0.223 e. The minimum Gasteiger partial charge on any atom is -0.344 e. The number of hydrogen-bond donors (Lipinski definition) is 1. The van der Waals surface area contributed by atoms with Crippen LogP contribution in [0.25, 0.3) is 0 Å². The second kappa shape index (κ2) is 4.28. The summed E-state index contributed by atoms with van der Waals surface area (Å²) in [5, 5.41) is 3.37. The van der Waals surface area contributed by atoms with Gasteiger partial charge >= 0.3 is 0 Å². The minimum atomic E-state index is 0.290. The number of nitrogens with one attached hydrogen (secondary N) is 1. The lowest BCUT2D eigenvalue weighted by Gasteiger charge is -2.26. The molecule has 4 heteroatoms. The van der Waals surface area contributed by atoms with Gasteiger partial charge < -0.3 is 10.2 Å². The molecule has 2 aliphatic rings. The van der Waals surface area contributed by atoms with Gasteiger partial charge in [-0.25, -0.2) is 0 Å². The van der Waals surface area contributed by atoms with Crippen LogP contribution >= 0.6 is 0 Å². The molecule has 0 aromatic heterocycles. The van der Waals surface area contributed by atoms with Crippen LogP contribution in [-0.2, 0) is 4.79 Å². The molecule has 0 bridgehead atoms. The van der Waals surface area contributed by atoms with Gasteiger partial charge in [0, 0.05) is 45.7 Å². The maximum Gasteiger partial charge on any atom is 0.223 e. The van der Waals surface area contributed by atoms with Crippen molar-refractivity contribution >= 4 is 5.91 Å². The average Bonchev–Trinajstić information content (AvgIpc) is 2.65. The van der Waals surface area contributed by atoms with Gasteiger partial charge in [-0.1, -0.05) is 0 Å². The summed E-state index contributed by atoms with van der Waals surface area (Å²) in [6.45, 7) is 5.09. The van der Waals surface area contributed by atoms with Gasteiger partial charge in [0.2, 0.25) is 5.91 Å². The molecule has 80 valence electrons. The van der Waals surface area contributed by atoms with Crippen molar-refractivity contribution in [2.24, 2.45) is 0 Å². The van der Waals surface area contributed by atoms with Crippen LogP contribution in [0.5, 0.6) is 0 Å². The Labute approximate surface area is 85.2 Å². The molecule has 0 aliphatic carbocycles. The first-order valence-corrected chi connectivity index (χ1v) is 5.46. The topological polar surface area (TPSA) is 35.6 Å². The number of carbonyl (C=O) groups is 1. The van der Waals surface area contributed by atoms with Crippen LogP contribution in [0.4, 0.5) is 0 Å². The van der Waals surface area contributed by atoms with E-state index in [0.717, 1.165) is 32.7 Å². The van der Waals surface area contributed by atoms with Crippen LogP contribution in [0.3, 0.4) is 0 Å². The Morgan fingerprint density at radius 1 is 1.36 bits per heavy atom. The monoisotopic (exact) mass is 197 g/mol. The van der Waals surface area contributed by atoms with Crippen LogP contribution < -0.4 is 5.32 Å². The second-order valence-corrected chi connectivity index (χ2v) is 4.25. The molecule has 0 aromatic carbocycles. The summed E-state index contributed by atoms with van der Waals surface area (Å²) in [6.07, 6.45) is 1.92. The zero-order valence-corrected chi connectivity index (χ0v) is 8.83. The van der Waals surface area contributed by atoms with E-state index in [2.05, 4.69) is 10.2 Å². The fraction of sp³-hybridized carbons (Fsp3) is 0.900. The van der Waals surface area contributed by atoms with Gasteiger partial charge in [-0.2, -0.15) is 0 Å². The molecule has 1 N–H and O–H groups in total. The first-order valence-electron chi connectivity index (χ1n) is 5.46. The molecule has 0 spiro atoms. The lowest BCUT2D eigenvalue weighted by molar-refractivity contribution is -0.129. The van der Waals surface area contributed by atoms with Crippen molar-refractivity contribution in [1.82, 2.24) is 15.1 Å². The predicted molar refractivity (Wildman–Crippen MR) is 55.1 cm³/mol. The van der Waals surface area contributed by atoms with Crippen LogP contribution in [0, 0.1) is 0 Å². The molecule has 2 rings (SSSR count). The van der Waals surface area contributed by atoms with Gasteiger partial charge in [0.15, 0.2) is 0 Å². The van der Waals surface area contributed by atoms with Gasteiger partial charge in [-0.05, 0) is 13.0 Å². The normalized spacial score (nSPS) is 30.8. The number of rotatable bonds is 1. The molecule has 1 unspecified atom stereocenters. The second-order valence-electron chi connectivity index (χ2n) is 4.25. The summed E-state index contributed by atoms with van der Waals surface area (Å²) < 4.78 is 0. The first kappa shape index (κ1) is 9.93. The molecule has 2 aliphatic heterocycles. The minimum absolute atomic E-state index is 0.290. The molecule has 2 heterocycles. The lowest BCUT2D eigenvalue weighted by atomic mass is 10.2. The summed E-state index contributed by atoms with van der Waals surface area (Å²) in [4.78, 5) is 15.8. The molecule has 0 radical (unpaired) electrons. The molecular formula is C10H19N3O. The third-order valence-corrected chi connectivity index (χ3v) is 3.31. The van der Waals surface area contributed by atoms with Crippen LogP contribution in [-0.4, -0.2) is 61.5 Å². The highest BCUT2D eigenvalue weighted by molar-refractivity contribution is 5.76. The Kier molecular flexibility index (Phi) is 3.03. The zero-order chi connectivity index (χ0) is 9.97. The van der Waals surface area contributed by atoms with Crippen molar-refractivity contribution in [2.75, 3.05) is 39.8 Å². The Balaban J connectivity index is 1.91. The average molecular weight is 197 g/mol. The first-order chi connectivity index (χ1) is 6.77. The zero-order valence-electron chi connectivity index (χ0n) is 8.83. The number of hydrogen-bond acceptors (Lipinski definition) is 3. The molecule has 0 aromatic rings.